The zero-order valence-corrected chi connectivity index (χ0v) is 40.6. The number of quaternary nitrogens is 1. The Labute approximate surface area is 371 Å². The molecule has 60 heavy (non-hydrogen) atoms. The van der Waals surface area contributed by atoms with Crippen molar-refractivity contribution in [1.29, 1.82) is 0 Å². The third kappa shape index (κ3) is 44.3. The quantitative estimate of drug-likeness (QED) is 0.0244. The van der Waals surface area contributed by atoms with Gasteiger partial charge in [-0.05, 0) is 77.0 Å². The Balaban J connectivity index is 4.46. The van der Waals surface area contributed by atoms with Gasteiger partial charge in [-0.25, -0.2) is 4.57 Å². The first-order chi connectivity index (χ1) is 29.0. The smallest absolute Gasteiger partial charge is 0.387 e. The van der Waals surface area contributed by atoms with Crippen molar-refractivity contribution in [2.75, 3.05) is 40.9 Å². The van der Waals surface area contributed by atoms with Crippen molar-refractivity contribution in [2.24, 2.45) is 0 Å². The topological polar surface area (TPSA) is 105 Å². The summed E-state index contributed by atoms with van der Waals surface area (Å²) in [6, 6.07) is -0.875. The largest absolute Gasteiger partial charge is 0.472 e. The number of unbranched alkanes of at least 4 members (excludes halogenated alkanes) is 23. The number of aliphatic hydroxyl groups excluding tert-OH is 1. The van der Waals surface area contributed by atoms with Crippen molar-refractivity contribution in [3.63, 3.8) is 0 Å². The van der Waals surface area contributed by atoms with Crippen LogP contribution in [-0.2, 0) is 18.4 Å². The van der Waals surface area contributed by atoms with Gasteiger partial charge in [0.25, 0.3) is 0 Å². The maximum Gasteiger partial charge on any atom is 0.472 e. The zero-order valence-electron chi connectivity index (χ0n) is 39.7. The molecule has 0 spiro atoms. The summed E-state index contributed by atoms with van der Waals surface area (Å²) in [5.74, 6) is -0.201. The van der Waals surface area contributed by atoms with Crippen LogP contribution in [0, 0.1) is 0 Å². The second-order valence-corrected chi connectivity index (χ2v) is 19.3. The monoisotopic (exact) mass is 864 g/mol. The van der Waals surface area contributed by atoms with Crippen LogP contribution in [0.15, 0.2) is 60.8 Å². The van der Waals surface area contributed by atoms with Crippen LogP contribution in [0.2, 0.25) is 0 Å². The van der Waals surface area contributed by atoms with E-state index >= 15 is 0 Å². The number of amides is 1. The lowest BCUT2D eigenvalue weighted by atomic mass is 10.1. The van der Waals surface area contributed by atoms with Gasteiger partial charge < -0.3 is 19.8 Å². The van der Waals surface area contributed by atoms with E-state index in [0.717, 1.165) is 64.2 Å². The Bertz CT molecular complexity index is 1160. The average molecular weight is 864 g/mol. The van der Waals surface area contributed by atoms with Crippen LogP contribution in [0.1, 0.15) is 206 Å². The second-order valence-electron chi connectivity index (χ2n) is 17.8. The predicted molar refractivity (Wildman–Crippen MR) is 258 cm³/mol. The van der Waals surface area contributed by atoms with Gasteiger partial charge in [0.05, 0.1) is 39.9 Å². The fourth-order valence-electron chi connectivity index (χ4n) is 6.75. The molecule has 0 saturated heterocycles. The maximum atomic E-state index is 12.9. The Hall–Kier alpha value is -1.80. The molecule has 3 unspecified atom stereocenters. The summed E-state index contributed by atoms with van der Waals surface area (Å²) in [7, 11) is 1.53. The number of rotatable bonds is 44. The van der Waals surface area contributed by atoms with Crippen LogP contribution >= 0.6 is 7.82 Å². The molecule has 0 saturated carbocycles. The van der Waals surface area contributed by atoms with E-state index in [-0.39, 0.29) is 19.1 Å². The first-order valence-corrected chi connectivity index (χ1v) is 26.2. The van der Waals surface area contributed by atoms with Crippen LogP contribution < -0.4 is 5.32 Å². The number of phosphoric ester groups is 1. The SMILES string of the molecule is CCCCCC/C=C\C/C=C\CCCCCCCCCC(=O)NC(COP(=O)(O)OCC[N+](C)(C)C)C(O)/C=C/CC/C=C/CC/C=C/CCCCCCCCCCCC. The van der Waals surface area contributed by atoms with E-state index in [0.29, 0.717) is 17.4 Å². The zero-order chi connectivity index (χ0) is 44.3. The summed E-state index contributed by atoms with van der Waals surface area (Å²) in [6.45, 7) is 4.76. The highest BCUT2D eigenvalue weighted by Gasteiger charge is 2.27. The molecular formula is C51H96N2O6P+. The average Bonchev–Trinajstić information content (AvgIpc) is 3.20. The third-order valence-corrected chi connectivity index (χ3v) is 11.7. The molecule has 0 fully saturated rings. The van der Waals surface area contributed by atoms with Gasteiger partial charge in [0.15, 0.2) is 0 Å². The van der Waals surface area contributed by atoms with Crippen LogP contribution in [-0.4, -0.2) is 73.4 Å². The van der Waals surface area contributed by atoms with Gasteiger partial charge in [0.1, 0.15) is 13.2 Å². The number of carbonyl (C=O) groups is 1. The van der Waals surface area contributed by atoms with Gasteiger partial charge in [0, 0.05) is 6.42 Å². The summed E-state index contributed by atoms with van der Waals surface area (Å²) in [6.07, 6.45) is 55.8. The molecule has 0 aromatic carbocycles. The molecule has 3 atom stereocenters. The minimum Gasteiger partial charge on any atom is -0.387 e. The second kappa shape index (κ2) is 42.5. The summed E-state index contributed by atoms with van der Waals surface area (Å²) in [5, 5.41) is 13.8. The number of hydrogen-bond donors (Lipinski definition) is 3. The van der Waals surface area contributed by atoms with Crippen molar-refractivity contribution in [1.82, 2.24) is 5.32 Å². The number of hydrogen-bond acceptors (Lipinski definition) is 5. The lowest BCUT2D eigenvalue weighted by Crippen LogP contribution is -2.45. The van der Waals surface area contributed by atoms with E-state index in [9.17, 15) is 19.4 Å². The Morgan fingerprint density at radius 1 is 0.567 bits per heavy atom. The number of allylic oxidation sites excluding steroid dienone is 9. The van der Waals surface area contributed by atoms with Crippen molar-refractivity contribution in [2.45, 2.75) is 219 Å². The number of aliphatic hydroxyl groups is 1. The molecule has 0 rings (SSSR count). The molecule has 0 aliphatic carbocycles. The molecule has 8 nitrogen and oxygen atoms in total. The molecule has 350 valence electrons. The first kappa shape index (κ1) is 58.2. The highest BCUT2D eigenvalue weighted by Crippen LogP contribution is 2.43. The lowest BCUT2D eigenvalue weighted by Gasteiger charge is -2.25. The highest BCUT2D eigenvalue weighted by atomic mass is 31.2. The van der Waals surface area contributed by atoms with Crippen molar-refractivity contribution in [3.05, 3.63) is 60.8 Å². The van der Waals surface area contributed by atoms with Gasteiger partial charge in [-0.3, -0.25) is 13.8 Å². The molecule has 3 N–H and O–H groups in total. The molecule has 1 amide bonds. The molecule has 0 bridgehead atoms. The molecule has 0 aromatic heterocycles. The molecular weight excluding hydrogens is 768 g/mol. The van der Waals surface area contributed by atoms with Crippen LogP contribution in [0.4, 0.5) is 0 Å². The number of phosphoric acid groups is 1. The van der Waals surface area contributed by atoms with Crippen molar-refractivity contribution >= 4 is 13.7 Å². The van der Waals surface area contributed by atoms with E-state index in [4.69, 9.17) is 9.05 Å². The lowest BCUT2D eigenvalue weighted by molar-refractivity contribution is -0.870. The Morgan fingerprint density at radius 2 is 0.967 bits per heavy atom. The summed E-state index contributed by atoms with van der Waals surface area (Å²) < 4.78 is 23.6. The number of likely N-dealkylation sites (N-methyl/N-ethyl adjacent to an activating group) is 1. The minimum absolute atomic E-state index is 0.0498. The van der Waals surface area contributed by atoms with Crippen LogP contribution in [0.3, 0.4) is 0 Å². The van der Waals surface area contributed by atoms with Gasteiger partial charge in [-0.2, -0.15) is 0 Å². The summed E-state index contributed by atoms with van der Waals surface area (Å²) in [4.78, 5) is 23.2. The van der Waals surface area contributed by atoms with Gasteiger partial charge in [-0.15, -0.1) is 0 Å². The van der Waals surface area contributed by atoms with Gasteiger partial charge >= 0.3 is 7.82 Å². The molecule has 0 aliphatic rings. The molecule has 0 aromatic rings. The number of carbonyl (C=O) groups excluding carboxylic acids is 1. The highest BCUT2D eigenvalue weighted by molar-refractivity contribution is 7.47. The summed E-state index contributed by atoms with van der Waals surface area (Å²) in [5.41, 5.74) is 0. The van der Waals surface area contributed by atoms with Gasteiger partial charge in [0.2, 0.25) is 5.91 Å². The molecule has 0 aliphatic heterocycles. The normalized spacial score (nSPS) is 14.7. The van der Waals surface area contributed by atoms with Crippen LogP contribution in [0.25, 0.3) is 0 Å². The molecule has 0 heterocycles. The van der Waals surface area contributed by atoms with Gasteiger partial charge in [-0.1, -0.05) is 184 Å². The van der Waals surface area contributed by atoms with E-state index in [1.165, 1.54) is 122 Å². The fraction of sp³-hybridized carbons (Fsp3) is 0.784. The van der Waals surface area contributed by atoms with E-state index in [2.05, 4.69) is 67.8 Å². The number of nitrogens with one attached hydrogen (secondary N) is 1. The fourth-order valence-corrected chi connectivity index (χ4v) is 7.49. The minimum atomic E-state index is -4.36. The molecule has 9 heteroatoms. The maximum absolute atomic E-state index is 12.9. The number of nitrogens with zero attached hydrogens (tertiary/aromatic N) is 1. The van der Waals surface area contributed by atoms with E-state index in [1.807, 2.05) is 27.2 Å². The summed E-state index contributed by atoms with van der Waals surface area (Å²) >= 11 is 0. The van der Waals surface area contributed by atoms with E-state index < -0.39 is 20.0 Å². The standard InChI is InChI=1S/C51H95N2O6P/c1-6-8-10-12-14-16-18-20-22-24-26-27-28-30-32-34-36-38-40-42-44-50(54)49(48-59-60(56,57)58-47-46-53(3,4)5)52-51(55)45-43-41-39-37-35-33-31-29-25-23-21-19-17-15-13-11-9-7-2/h17,19,23,25,27-28,34,36,42,44,49-50,54H,6-16,18,20-22,24,26,29-33,35,37-41,43,45-48H2,1-5H3,(H-,52,55,56,57)/p+1/b19-17-,25-23-,28-27+,36-34+,44-42+. The predicted octanol–water partition coefficient (Wildman–Crippen LogP) is 14.2. The van der Waals surface area contributed by atoms with Crippen molar-refractivity contribution < 1.29 is 32.9 Å². The van der Waals surface area contributed by atoms with Crippen molar-refractivity contribution in [3.8, 4) is 0 Å². The Morgan fingerprint density at radius 3 is 1.45 bits per heavy atom. The Kier molecular flexibility index (Phi) is 41.2. The molecule has 0 radical (unpaired) electrons. The third-order valence-electron chi connectivity index (χ3n) is 10.7. The van der Waals surface area contributed by atoms with E-state index in [1.54, 1.807) is 6.08 Å². The first-order valence-electron chi connectivity index (χ1n) is 24.7. The van der Waals surface area contributed by atoms with Crippen LogP contribution in [0.5, 0.6) is 0 Å².